The highest BCUT2D eigenvalue weighted by molar-refractivity contribution is 7.91. The molecule has 0 spiro atoms. The van der Waals surface area contributed by atoms with Crippen molar-refractivity contribution in [2.75, 3.05) is 5.75 Å². The van der Waals surface area contributed by atoms with E-state index in [-0.39, 0.29) is 22.6 Å². The second-order valence-corrected chi connectivity index (χ2v) is 11.7. The van der Waals surface area contributed by atoms with E-state index in [0.717, 1.165) is 29.5 Å². The van der Waals surface area contributed by atoms with Crippen LogP contribution in [0.3, 0.4) is 0 Å². The van der Waals surface area contributed by atoms with Gasteiger partial charge < -0.3 is 5.32 Å². The first-order valence-corrected chi connectivity index (χ1v) is 14.1. The Morgan fingerprint density at radius 2 is 1.69 bits per heavy atom. The van der Waals surface area contributed by atoms with Crippen LogP contribution < -0.4 is 5.32 Å². The Morgan fingerprint density at radius 3 is 2.36 bits per heavy atom. The van der Waals surface area contributed by atoms with Crippen molar-refractivity contribution in [3.05, 3.63) is 89.5 Å². The number of sulfone groups is 1. The average Bonchev–Trinajstić information content (AvgIpc) is 3.38. The average molecular weight is 504 g/mol. The lowest BCUT2D eigenvalue weighted by Crippen LogP contribution is -2.27. The molecule has 188 valence electrons. The van der Waals surface area contributed by atoms with Gasteiger partial charge in [-0.2, -0.15) is 0 Å². The summed E-state index contributed by atoms with van der Waals surface area (Å²) in [6, 6.07) is 12.4. The summed E-state index contributed by atoms with van der Waals surface area (Å²) in [5.74, 6) is 0.682. The summed E-state index contributed by atoms with van der Waals surface area (Å²) in [5.41, 5.74) is 3.71. The first-order valence-electron chi connectivity index (χ1n) is 12.4. The maximum atomic E-state index is 13.3. The SMILES string of the molecule is Cc1ccc(-c2cc(C(=O)NC(C)c3cnc(C)nc3)cc(S(=O)(=O)CC=CC3CCCC3)c2)cc1. The maximum absolute atomic E-state index is 13.3. The summed E-state index contributed by atoms with van der Waals surface area (Å²) in [7, 11) is -3.62. The van der Waals surface area contributed by atoms with Crippen molar-refractivity contribution in [1.29, 1.82) is 0 Å². The Kier molecular flexibility index (Phi) is 7.99. The topological polar surface area (TPSA) is 89.0 Å². The van der Waals surface area contributed by atoms with Crippen LogP contribution in [-0.4, -0.2) is 30.0 Å². The fraction of sp³-hybridized carbons (Fsp3) is 0.345. The Bertz CT molecular complexity index is 1340. The number of nitrogens with one attached hydrogen (secondary N) is 1. The van der Waals surface area contributed by atoms with Gasteiger partial charge in [0.1, 0.15) is 5.82 Å². The minimum atomic E-state index is -3.62. The van der Waals surface area contributed by atoms with Gasteiger partial charge in [0, 0.05) is 23.5 Å². The van der Waals surface area contributed by atoms with Crippen molar-refractivity contribution >= 4 is 15.7 Å². The number of aryl methyl sites for hydroxylation is 2. The standard InChI is InChI=1S/C29H33N3O3S/c1-20-10-12-24(13-11-20)25-15-26(29(33)32-21(2)27-18-30-22(3)31-19-27)17-28(16-25)36(34,35)14-6-9-23-7-4-5-8-23/h6,9-13,15-19,21,23H,4-5,7-8,14H2,1-3H3,(H,32,33). The second kappa shape index (κ2) is 11.2. The lowest BCUT2D eigenvalue weighted by atomic mass is 10.0. The summed E-state index contributed by atoms with van der Waals surface area (Å²) in [6.07, 6.45) is 11.8. The van der Waals surface area contributed by atoms with E-state index in [4.69, 9.17) is 0 Å². The number of carbonyl (C=O) groups excluding carboxylic acids is 1. The van der Waals surface area contributed by atoms with Gasteiger partial charge in [0.05, 0.1) is 16.7 Å². The van der Waals surface area contributed by atoms with E-state index in [1.54, 1.807) is 37.5 Å². The zero-order valence-electron chi connectivity index (χ0n) is 21.1. The van der Waals surface area contributed by atoms with Gasteiger partial charge in [0.25, 0.3) is 5.91 Å². The molecular formula is C29H33N3O3S. The predicted molar refractivity (Wildman–Crippen MR) is 142 cm³/mol. The molecule has 4 rings (SSSR count). The molecule has 6 nitrogen and oxygen atoms in total. The number of benzene rings is 2. The highest BCUT2D eigenvalue weighted by atomic mass is 32.2. The van der Waals surface area contributed by atoms with Gasteiger partial charge >= 0.3 is 0 Å². The minimum absolute atomic E-state index is 0.0843. The molecule has 36 heavy (non-hydrogen) atoms. The molecule has 0 aliphatic heterocycles. The number of amides is 1. The van der Waals surface area contributed by atoms with Crippen molar-refractivity contribution in [1.82, 2.24) is 15.3 Å². The molecule has 1 heterocycles. The van der Waals surface area contributed by atoms with E-state index < -0.39 is 9.84 Å². The molecule has 1 unspecified atom stereocenters. The molecule has 1 amide bonds. The first kappa shape index (κ1) is 25.8. The molecule has 1 saturated carbocycles. The lowest BCUT2D eigenvalue weighted by molar-refractivity contribution is 0.0939. The number of carbonyl (C=O) groups is 1. The molecule has 0 bridgehead atoms. The minimum Gasteiger partial charge on any atom is -0.345 e. The molecule has 1 aromatic heterocycles. The smallest absolute Gasteiger partial charge is 0.251 e. The zero-order valence-corrected chi connectivity index (χ0v) is 21.9. The van der Waals surface area contributed by atoms with Crippen molar-refractivity contribution in [3.63, 3.8) is 0 Å². The number of nitrogens with zero attached hydrogens (tertiary/aromatic N) is 2. The Morgan fingerprint density at radius 1 is 1.03 bits per heavy atom. The largest absolute Gasteiger partial charge is 0.345 e. The van der Waals surface area contributed by atoms with E-state index in [9.17, 15) is 13.2 Å². The van der Waals surface area contributed by atoms with Crippen molar-refractivity contribution in [2.24, 2.45) is 5.92 Å². The predicted octanol–water partition coefficient (Wildman–Crippen LogP) is 5.77. The molecular weight excluding hydrogens is 470 g/mol. The molecule has 1 aliphatic carbocycles. The lowest BCUT2D eigenvalue weighted by Gasteiger charge is -2.15. The van der Waals surface area contributed by atoms with E-state index in [2.05, 4.69) is 15.3 Å². The third kappa shape index (κ3) is 6.46. The fourth-order valence-corrected chi connectivity index (χ4v) is 5.60. The van der Waals surface area contributed by atoms with Crippen molar-refractivity contribution in [3.8, 4) is 11.1 Å². The van der Waals surface area contributed by atoms with Crippen LogP contribution in [0.5, 0.6) is 0 Å². The summed E-state index contributed by atoms with van der Waals surface area (Å²) >= 11 is 0. The molecule has 1 atom stereocenters. The Hall–Kier alpha value is -3.32. The van der Waals surface area contributed by atoms with E-state index in [1.165, 1.54) is 18.9 Å². The van der Waals surface area contributed by atoms with Gasteiger partial charge in [-0.3, -0.25) is 4.79 Å². The van der Waals surface area contributed by atoms with Crippen molar-refractivity contribution < 1.29 is 13.2 Å². The van der Waals surface area contributed by atoms with Gasteiger partial charge in [-0.05, 0) is 68.9 Å². The van der Waals surface area contributed by atoms with Crippen LogP contribution in [0.4, 0.5) is 0 Å². The summed E-state index contributed by atoms with van der Waals surface area (Å²) in [6.45, 7) is 5.64. The zero-order chi connectivity index (χ0) is 25.7. The molecule has 0 radical (unpaired) electrons. The van der Waals surface area contributed by atoms with Crippen LogP contribution in [0, 0.1) is 19.8 Å². The highest BCUT2D eigenvalue weighted by Crippen LogP contribution is 2.28. The van der Waals surface area contributed by atoms with Crippen LogP contribution in [-0.2, 0) is 9.84 Å². The van der Waals surface area contributed by atoms with E-state index >= 15 is 0 Å². The van der Waals surface area contributed by atoms with Gasteiger partial charge in [-0.1, -0.05) is 54.8 Å². The Balaban J connectivity index is 1.64. The molecule has 3 aromatic rings. The van der Waals surface area contributed by atoms with Crippen molar-refractivity contribution in [2.45, 2.75) is 57.4 Å². The van der Waals surface area contributed by atoms with Crippen LogP contribution in [0.1, 0.15) is 66.0 Å². The van der Waals surface area contributed by atoms with Gasteiger partial charge in [-0.25, -0.2) is 18.4 Å². The third-order valence-corrected chi connectivity index (χ3v) is 8.27. The summed E-state index contributed by atoms with van der Waals surface area (Å²) < 4.78 is 26.6. The molecule has 1 N–H and O–H groups in total. The maximum Gasteiger partial charge on any atom is 0.251 e. The Labute approximate surface area is 213 Å². The van der Waals surface area contributed by atoms with Gasteiger partial charge in [0.15, 0.2) is 9.84 Å². The molecule has 0 saturated heterocycles. The number of allylic oxidation sites excluding steroid dienone is 1. The number of aromatic nitrogens is 2. The van der Waals surface area contributed by atoms with E-state index in [1.807, 2.05) is 44.2 Å². The molecule has 7 heteroatoms. The van der Waals surface area contributed by atoms with Crippen LogP contribution >= 0.6 is 0 Å². The third-order valence-electron chi connectivity index (χ3n) is 6.68. The highest BCUT2D eigenvalue weighted by Gasteiger charge is 2.20. The summed E-state index contributed by atoms with van der Waals surface area (Å²) in [4.78, 5) is 21.8. The monoisotopic (exact) mass is 503 g/mol. The fourth-order valence-electron chi connectivity index (χ4n) is 4.43. The van der Waals surface area contributed by atoms with Gasteiger partial charge in [0.2, 0.25) is 0 Å². The van der Waals surface area contributed by atoms with Gasteiger partial charge in [-0.15, -0.1) is 0 Å². The van der Waals surface area contributed by atoms with Crippen LogP contribution in [0.2, 0.25) is 0 Å². The number of hydrogen-bond donors (Lipinski definition) is 1. The number of rotatable bonds is 8. The quantitative estimate of drug-likeness (QED) is 0.394. The van der Waals surface area contributed by atoms with Crippen LogP contribution in [0.25, 0.3) is 11.1 Å². The molecule has 1 fully saturated rings. The molecule has 1 aliphatic rings. The first-order chi connectivity index (χ1) is 17.2. The number of hydrogen-bond acceptors (Lipinski definition) is 5. The molecule has 2 aromatic carbocycles. The van der Waals surface area contributed by atoms with E-state index in [0.29, 0.717) is 22.9 Å². The van der Waals surface area contributed by atoms with Crippen LogP contribution in [0.15, 0.2) is 71.9 Å². The summed E-state index contributed by atoms with van der Waals surface area (Å²) in [5, 5.41) is 2.95. The normalized spacial score (nSPS) is 15.3. The second-order valence-electron chi connectivity index (χ2n) is 9.62.